The summed E-state index contributed by atoms with van der Waals surface area (Å²) in [6.45, 7) is 3.16. The van der Waals surface area contributed by atoms with Crippen molar-refractivity contribution in [3.8, 4) is 11.5 Å². The number of hydrogen-bond donors (Lipinski definition) is 1. The highest BCUT2D eigenvalue weighted by Crippen LogP contribution is 2.45. The molecule has 2 aromatic rings. The molecule has 0 bridgehead atoms. The van der Waals surface area contributed by atoms with Gasteiger partial charge in [0.05, 0.1) is 14.2 Å². The maximum Gasteiger partial charge on any atom is 0.317 e. The molecule has 1 spiro atoms. The molecule has 1 saturated heterocycles. The van der Waals surface area contributed by atoms with Crippen LogP contribution in [-0.4, -0.2) is 44.9 Å². The van der Waals surface area contributed by atoms with Crippen LogP contribution in [0.1, 0.15) is 29.5 Å². The minimum absolute atomic E-state index is 0.0415. The number of urea groups is 1. The van der Waals surface area contributed by atoms with Gasteiger partial charge in [-0.05, 0) is 41.7 Å². The van der Waals surface area contributed by atoms with E-state index in [1.807, 2.05) is 41.3 Å². The highest BCUT2D eigenvalue weighted by atomic mass is 16.5. The van der Waals surface area contributed by atoms with Crippen molar-refractivity contribution in [1.29, 1.82) is 0 Å². The largest absolute Gasteiger partial charge is 0.493 e. The van der Waals surface area contributed by atoms with Crippen molar-refractivity contribution in [3.63, 3.8) is 0 Å². The Morgan fingerprint density at radius 2 is 1.79 bits per heavy atom. The van der Waals surface area contributed by atoms with Crippen molar-refractivity contribution in [3.05, 3.63) is 59.2 Å². The first kappa shape index (κ1) is 19.6. The number of hydrogen-bond acceptors (Lipinski definition) is 4. The van der Waals surface area contributed by atoms with Crippen molar-refractivity contribution in [1.82, 2.24) is 10.2 Å². The van der Waals surface area contributed by atoms with E-state index < -0.39 is 0 Å². The molecule has 2 aliphatic heterocycles. The van der Waals surface area contributed by atoms with E-state index in [1.54, 1.807) is 14.2 Å². The van der Waals surface area contributed by atoms with E-state index in [0.29, 0.717) is 38.6 Å². The first-order valence-corrected chi connectivity index (χ1v) is 10.0. The lowest BCUT2D eigenvalue weighted by Gasteiger charge is -2.46. The van der Waals surface area contributed by atoms with E-state index in [1.165, 1.54) is 5.56 Å². The van der Waals surface area contributed by atoms with Crippen molar-refractivity contribution in [2.24, 2.45) is 0 Å². The van der Waals surface area contributed by atoms with E-state index >= 15 is 0 Å². The summed E-state index contributed by atoms with van der Waals surface area (Å²) in [5, 5.41) is 3.07. The third-order valence-corrected chi connectivity index (χ3v) is 6.06. The Hall–Kier alpha value is -2.73. The van der Waals surface area contributed by atoms with Gasteiger partial charge in [-0.3, -0.25) is 0 Å². The van der Waals surface area contributed by atoms with Crippen molar-refractivity contribution >= 4 is 6.03 Å². The van der Waals surface area contributed by atoms with E-state index in [4.69, 9.17) is 14.2 Å². The molecule has 1 N–H and O–H groups in total. The molecule has 1 fully saturated rings. The number of carbonyl (C=O) groups is 1. The Morgan fingerprint density at radius 3 is 2.48 bits per heavy atom. The van der Waals surface area contributed by atoms with Gasteiger partial charge in [-0.15, -0.1) is 0 Å². The minimum Gasteiger partial charge on any atom is -0.493 e. The Bertz CT molecular complexity index is 863. The van der Waals surface area contributed by atoms with Crippen molar-refractivity contribution in [2.45, 2.75) is 31.3 Å². The summed E-state index contributed by atoms with van der Waals surface area (Å²) in [5.41, 5.74) is 3.34. The first-order chi connectivity index (χ1) is 14.1. The molecule has 0 aromatic heterocycles. The van der Waals surface area contributed by atoms with Crippen LogP contribution in [-0.2, 0) is 23.2 Å². The zero-order valence-electron chi connectivity index (χ0n) is 17.1. The summed E-state index contributed by atoms with van der Waals surface area (Å²) in [7, 11) is 3.30. The zero-order chi connectivity index (χ0) is 20.3. The number of carbonyl (C=O) groups excluding carboxylic acids is 1. The zero-order valence-corrected chi connectivity index (χ0v) is 17.1. The third-order valence-electron chi connectivity index (χ3n) is 6.06. The summed E-state index contributed by atoms with van der Waals surface area (Å²) in [6, 6.07) is 14.0. The van der Waals surface area contributed by atoms with Gasteiger partial charge in [0, 0.05) is 38.3 Å². The standard InChI is InChI=1S/C23H28N2O4/c1-27-20-12-18-15-25(22(26)24-14-17-6-4-3-5-7-17)16-23(8-10-29-11-9-23)19(18)13-21(20)28-2/h3-7,12-13H,8-11,14-16H2,1-2H3,(H,24,26). The van der Waals surface area contributed by atoms with E-state index in [0.717, 1.165) is 29.7 Å². The molecule has 29 heavy (non-hydrogen) atoms. The molecule has 154 valence electrons. The van der Waals surface area contributed by atoms with Crippen LogP contribution in [0.4, 0.5) is 4.79 Å². The number of nitrogens with one attached hydrogen (secondary N) is 1. The van der Waals surface area contributed by atoms with Crippen molar-refractivity contribution < 1.29 is 19.0 Å². The monoisotopic (exact) mass is 396 g/mol. The lowest BCUT2D eigenvalue weighted by molar-refractivity contribution is 0.0318. The van der Waals surface area contributed by atoms with Gasteiger partial charge in [0.25, 0.3) is 0 Å². The molecule has 2 aromatic carbocycles. The molecule has 2 amide bonds. The van der Waals surface area contributed by atoms with Crippen LogP contribution in [0.2, 0.25) is 0 Å². The molecule has 2 aliphatic rings. The highest BCUT2D eigenvalue weighted by Gasteiger charge is 2.43. The van der Waals surface area contributed by atoms with Crippen molar-refractivity contribution in [2.75, 3.05) is 34.0 Å². The van der Waals surface area contributed by atoms with Gasteiger partial charge in [0.1, 0.15) is 0 Å². The molecular formula is C23H28N2O4. The van der Waals surface area contributed by atoms with Gasteiger partial charge >= 0.3 is 6.03 Å². The smallest absolute Gasteiger partial charge is 0.317 e. The van der Waals surface area contributed by atoms with Crippen LogP contribution in [0, 0.1) is 0 Å². The average Bonchev–Trinajstić information content (AvgIpc) is 2.77. The SMILES string of the molecule is COc1cc2c(cc1OC)C1(CCOCC1)CN(C(=O)NCc1ccccc1)C2. The summed E-state index contributed by atoms with van der Waals surface area (Å²) >= 11 is 0. The predicted octanol–water partition coefficient (Wildman–Crippen LogP) is 3.48. The number of rotatable bonds is 4. The second kappa shape index (κ2) is 8.33. The molecule has 6 heteroatoms. The van der Waals surface area contributed by atoms with Gasteiger partial charge in [-0.1, -0.05) is 30.3 Å². The molecule has 2 heterocycles. The normalized spacial score (nSPS) is 17.5. The fraction of sp³-hybridized carbons (Fsp3) is 0.435. The third kappa shape index (κ3) is 3.90. The number of fused-ring (bicyclic) bond motifs is 2. The Kier molecular flexibility index (Phi) is 5.62. The molecule has 0 aliphatic carbocycles. The van der Waals surface area contributed by atoms with Crippen LogP contribution >= 0.6 is 0 Å². The molecule has 6 nitrogen and oxygen atoms in total. The molecular weight excluding hydrogens is 368 g/mol. The summed E-state index contributed by atoms with van der Waals surface area (Å²) in [6.07, 6.45) is 1.77. The molecule has 0 unspecified atom stereocenters. The molecule has 0 radical (unpaired) electrons. The van der Waals surface area contributed by atoms with Crippen LogP contribution in [0.5, 0.6) is 11.5 Å². The highest BCUT2D eigenvalue weighted by molar-refractivity contribution is 5.75. The number of nitrogens with zero attached hydrogens (tertiary/aromatic N) is 1. The lowest BCUT2D eigenvalue weighted by atomic mass is 9.70. The Morgan fingerprint density at radius 1 is 1.10 bits per heavy atom. The van der Waals surface area contributed by atoms with Gasteiger partial charge in [-0.2, -0.15) is 0 Å². The first-order valence-electron chi connectivity index (χ1n) is 10.0. The predicted molar refractivity (Wildman–Crippen MR) is 110 cm³/mol. The number of ether oxygens (including phenoxy) is 3. The molecule has 0 saturated carbocycles. The number of amides is 2. The topological polar surface area (TPSA) is 60.0 Å². The van der Waals surface area contributed by atoms with Gasteiger partial charge in [-0.25, -0.2) is 4.79 Å². The van der Waals surface area contributed by atoms with Crippen LogP contribution in [0.3, 0.4) is 0 Å². The summed E-state index contributed by atoms with van der Waals surface area (Å²) in [4.78, 5) is 14.9. The van der Waals surface area contributed by atoms with E-state index in [9.17, 15) is 4.79 Å². The number of methoxy groups -OCH3 is 2. The Labute approximate surface area is 171 Å². The van der Waals surface area contributed by atoms with Gasteiger partial charge < -0.3 is 24.4 Å². The average molecular weight is 396 g/mol. The minimum atomic E-state index is -0.116. The summed E-state index contributed by atoms with van der Waals surface area (Å²) in [5.74, 6) is 1.43. The van der Waals surface area contributed by atoms with Crippen LogP contribution < -0.4 is 14.8 Å². The molecule has 4 rings (SSSR count). The second-order valence-electron chi connectivity index (χ2n) is 7.76. The van der Waals surface area contributed by atoms with E-state index in [-0.39, 0.29) is 11.4 Å². The number of benzene rings is 2. The summed E-state index contributed by atoms with van der Waals surface area (Å²) < 4.78 is 16.7. The maximum absolute atomic E-state index is 13.0. The lowest BCUT2D eigenvalue weighted by Crippen LogP contribution is -2.52. The second-order valence-corrected chi connectivity index (χ2v) is 7.76. The van der Waals surface area contributed by atoms with Gasteiger partial charge in [0.2, 0.25) is 0 Å². The molecule has 0 atom stereocenters. The quantitative estimate of drug-likeness (QED) is 0.860. The van der Waals surface area contributed by atoms with Gasteiger partial charge in [0.15, 0.2) is 11.5 Å². The fourth-order valence-electron chi connectivity index (χ4n) is 4.48. The fourth-order valence-corrected chi connectivity index (χ4v) is 4.48. The maximum atomic E-state index is 13.0. The Balaban J connectivity index is 1.61. The van der Waals surface area contributed by atoms with Crippen LogP contribution in [0.25, 0.3) is 0 Å². The van der Waals surface area contributed by atoms with Crippen LogP contribution in [0.15, 0.2) is 42.5 Å². The van der Waals surface area contributed by atoms with E-state index in [2.05, 4.69) is 11.4 Å².